The largest absolute Gasteiger partial charge is 0.351 e. The summed E-state index contributed by atoms with van der Waals surface area (Å²) in [5.74, 6) is 0.593. The van der Waals surface area contributed by atoms with Crippen molar-refractivity contribution in [3.8, 4) is 0 Å². The third kappa shape index (κ3) is 28.9. The number of nitrogens with one attached hydrogen (secondary N) is 1. The number of amides is 3. The van der Waals surface area contributed by atoms with E-state index in [1.807, 2.05) is 19.2 Å². The van der Waals surface area contributed by atoms with E-state index in [-0.39, 0.29) is 5.91 Å². The molecule has 3 N–H and O–H groups in total. The van der Waals surface area contributed by atoms with Gasteiger partial charge in [-0.15, -0.1) is 0 Å². The van der Waals surface area contributed by atoms with Gasteiger partial charge in [-0.1, -0.05) is 205 Å². The number of halogens is 1. The molecule has 4 nitrogen and oxygen atoms in total. The fourth-order valence-corrected chi connectivity index (χ4v) is 5.34. The Kier molecular flexibility index (Phi) is 32.6. The monoisotopic (exact) mass is 630 g/mol. The van der Waals surface area contributed by atoms with Crippen LogP contribution in [0.5, 0.6) is 0 Å². The average molecular weight is 632 g/mol. The predicted molar refractivity (Wildman–Crippen MR) is 181 cm³/mol. The van der Waals surface area contributed by atoms with E-state index in [2.05, 4.69) is 36.7 Å². The molecule has 0 aliphatic heterocycles. The van der Waals surface area contributed by atoms with Gasteiger partial charge in [0.05, 0.1) is 0 Å². The maximum absolute atomic E-state index is 11.3. The third-order valence-electron chi connectivity index (χ3n) is 8.37. The van der Waals surface area contributed by atoms with Crippen molar-refractivity contribution in [2.45, 2.75) is 206 Å². The number of primary amides is 1. The minimum atomic E-state index is -0.814. The van der Waals surface area contributed by atoms with Crippen LogP contribution in [0.4, 0.5) is 4.79 Å². The van der Waals surface area contributed by atoms with E-state index in [0.29, 0.717) is 12.8 Å². The van der Waals surface area contributed by atoms with Crippen molar-refractivity contribution < 1.29 is 9.59 Å². The molecule has 0 radical (unpaired) electrons. The Morgan fingerprint density at radius 2 is 0.875 bits per heavy atom. The molecule has 0 bridgehead atoms. The van der Waals surface area contributed by atoms with Crippen molar-refractivity contribution >= 4 is 27.9 Å². The summed E-state index contributed by atoms with van der Waals surface area (Å²) in [6.07, 6.45) is 36.5. The number of imide groups is 1. The molecule has 0 saturated heterocycles. The Balaban J connectivity index is 0. The smallest absolute Gasteiger partial charge is 0.318 e. The van der Waals surface area contributed by atoms with Gasteiger partial charge in [0, 0.05) is 0 Å². The molecule has 0 aromatic heterocycles. The highest BCUT2D eigenvalue weighted by molar-refractivity contribution is 9.10. The lowest BCUT2D eigenvalue weighted by atomic mass is 9.97. The third-order valence-corrected chi connectivity index (χ3v) is 9.85. The zero-order valence-electron chi connectivity index (χ0n) is 27.7. The van der Waals surface area contributed by atoms with E-state index in [4.69, 9.17) is 5.73 Å². The molecule has 0 fully saturated rings. The summed E-state index contributed by atoms with van der Waals surface area (Å²) in [4.78, 5) is 21.6. The van der Waals surface area contributed by atoms with E-state index in [1.54, 1.807) is 0 Å². The molecule has 0 aromatic carbocycles. The van der Waals surface area contributed by atoms with Gasteiger partial charge in [-0.2, -0.15) is 0 Å². The summed E-state index contributed by atoms with van der Waals surface area (Å²) in [6, 6.07) is -0.814. The lowest BCUT2D eigenvalue weighted by molar-refractivity contribution is -0.122. The number of carbonyl (C=O) groups is 2. The number of carbonyl (C=O) groups excluding carboxylic acids is 2. The van der Waals surface area contributed by atoms with Gasteiger partial charge in [0.1, 0.15) is 4.32 Å². The van der Waals surface area contributed by atoms with E-state index in [0.717, 1.165) is 5.92 Å². The molecule has 0 aromatic rings. The second-order valence-corrected chi connectivity index (χ2v) is 13.8. The van der Waals surface area contributed by atoms with Crippen LogP contribution >= 0.6 is 15.9 Å². The van der Waals surface area contributed by atoms with Crippen LogP contribution in [0.3, 0.4) is 0 Å². The molecule has 0 spiro atoms. The fraction of sp³-hybridized carbons (Fsp3) is 0.943. The van der Waals surface area contributed by atoms with Crippen LogP contribution in [0.1, 0.15) is 202 Å². The quantitative estimate of drug-likeness (QED) is 0.0699. The Morgan fingerprint density at radius 1 is 0.575 bits per heavy atom. The zero-order valence-corrected chi connectivity index (χ0v) is 29.3. The summed E-state index contributed by atoms with van der Waals surface area (Å²) >= 11 is 3.26. The molecule has 40 heavy (non-hydrogen) atoms. The highest BCUT2D eigenvalue weighted by Gasteiger charge is 2.32. The lowest BCUT2D eigenvalue weighted by Gasteiger charge is -2.21. The standard InChI is InChI=1S/C28H58.C7H13BrN2O2/c1-4-6-8-9-10-11-12-13-14-15-16-17-18-19-20-21-22-23-24-25-27-28(3)26-7-5-2;1-3-7(8,4-2)5(11)10-6(9)12/h28H,4-27H2,1-3H3;3-4H2,1-2H3,(H3,9,10,11,12). The first-order valence-corrected chi connectivity index (χ1v) is 18.4. The summed E-state index contributed by atoms with van der Waals surface area (Å²) in [5.41, 5.74) is 4.81. The summed E-state index contributed by atoms with van der Waals surface area (Å²) in [7, 11) is 0. The van der Waals surface area contributed by atoms with E-state index < -0.39 is 10.4 Å². The molecule has 1 atom stereocenters. The van der Waals surface area contributed by atoms with Gasteiger partial charge in [-0.3, -0.25) is 10.1 Å². The minimum absolute atomic E-state index is 0.375. The number of rotatable bonds is 27. The van der Waals surface area contributed by atoms with Crippen LogP contribution in [0.15, 0.2) is 0 Å². The Morgan fingerprint density at radius 3 is 1.18 bits per heavy atom. The predicted octanol–water partition coefficient (Wildman–Crippen LogP) is 12.2. The van der Waals surface area contributed by atoms with Crippen molar-refractivity contribution in [2.75, 3.05) is 0 Å². The van der Waals surface area contributed by atoms with Gasteiger partial charge in [0.15, 0.2) is 0 Å². The molecule has 1 unspecified atom stereocenters. The van der Waals surface area contributed by atoms with Gasteiger partial charge in [0.25, 0.3) is 0 Å². The Hall–Kier alpha value is -0.580. The van der Waals surface area contributed by atoms with E-state index in [1.165, 1.54) is 154 Å². The van der Waals surface area contributed by atoms with Gasteiger partial charge in [-0.25, -0.2) is 4.79 Å². The fourth-order valence-electron chi connectivity index (χ4n) is 5.24. The maximum atomic E-state index is 11.3. The van der Waals surface area contributed by atoms with Gasteiger partial charge in [0.2, 0.25) is 5.91 Å². The van der Waals surface area contributed by atoms with E-state index in [9.17, 15) is 9.59 Å². The Bertz CT molecular complexity index is 552. The molecule has 0 saturated carbocycles. The average Bonchev–Trinajstić information content (AvgIpc) is 2.94. The van der Waals surface area contributed by atoms with Crippen LogP contribution in [0.2, 0.25) is 0 Å². The molecule has 0 aliphatic carbocycles. The number of hydrogen-bond acceptors (Lipinski definition) is 2. The van der Waals surface area contributed by atoms with Gasteiger partial charge < -0.3 is 5.73 Å². The van der Waals surface area contributed by atoms with Crippen LogP contribution in [0, 0.1) is 5.92 Å². The van der Waals surface area contributed by atoms with Crippen LogP contribution in [-0.2, 0) is 4.79 Å². The van der Waals surface area contributed by atoms with Crippen molar-refractivity contribution in [3.63, 3.8) is 0 Å². The van der Waals surface area contributed by atoms with Crippen molar-refractivity contribution in [1.29, 1.82) is 0 Å². The van der Waals surface area contributed by atoms with Crippen molar-refractivity contribution in [1.82, 2.24) is 5.32 Å². The molecule has 0 heterocycles. The normalized spacial score (nSPS) is 12.1. The summed E-state index contributed by atoms with van der Waals surface area (Å²) in [6.45, 7) is 10.8. The molecule has 3 amide bonds. The first-order chi connectivity index (χ1) is 19.3. The highest BCUT2D eigenvalue weighted by Crippen LogP contribution is 2.26. The number of nitrogens with two attached hydrogens (primary N) is 1. The summed E-state index contributed by atoms with van der Waals surface area (Å²) in [5, 5.41) is 2.04. The van der Waals surface area contributed by atoms with Gasteiger partial charge in [-0.05, 0) is 18.8 Å². The van der Waals surface area contributed by atoms with Crippen LogP contribution in [-0.4, -0.2) is 16.3 Å². The van der Waals surface area contributed by atoms with Crippen LogP contribution < -0.4 is 11.1 Å². The SMILES string of the molecule is CCC(Br)(CC)C(=O)NC(N)=O.CCCCCCCCCCCCCCCCCCCCCCC(C)CCCC. The Labute approximate surface area is 259 Å². The molecule has 0 aliphatic rings. The molecule has 5 heteroatoms. The van der Waals surface area contributed by atoms with E-state index >= 15 is 0 Å². The summed E-state index contributed by atoms with van der Waals surface area (Å²) < 4.78 is -0.665. The van der Waals surface area contributed by atoms with Gasteiger partial charge >= 0.3 is 6.03 Å². The maximum Gasteiger partial charge on any atom is 0.318 e. The van der Waals surface area contributed by atoms with Crippen molar-refractivity contribution in [2.24, 2.45) is 11.7 Å². The first-order valence-electron chi connectivity index (χ1n) is 17.6. The number of unbranched alkanes of at least 4 members (excludes halogenated alkanes) is 20. The molecule has 0 rings (SSSR count). The van der Waals surface area contributed by atoms with Crippen LogP contribution in [0.25, 0.3) is 0 Å². The van der Waals surface area contributed by atoms with Crippen molar-refractivity contribution in [3.05, 3.63) is 0 Å². The lowest BCUT2D eigenvalue weighted by Crippen LogP contribution is -2.46. The topological polar surface area (TPSA) is 72.2 Å². The first kappa shape index (κ1) is 41.6. The second kappa shape index (κ2) is 31.4. The zero-order chi connectivity index (χ0) is 30.3. The molecule has 240 valence electrons. The molecular weight excluding hydrogens is 560 g/mol. The number of urea groups is 1. The minimum Gasteiger partial charge on any atom is -0.351 e. The second-order valence-electron chi connectivity index (χ2n) is 12.2. The molecular formula is C35H71BrN2O2. The highest BCUT2D eigenvalue weighted by atomic mass is 79.9. The number of alkyl halides is 1. The number of hydrogen-bond donors (Lipinski definition) is 2.